The Morgan fingerprint density at radius 3 is 2.44 bits per heavy atom. The molecule has 2 aromatic carbocycles. The molecule has 0 spiro atoms. The van der Waals surface area contributed by atoms with E-state index >= 15 is 0 Å². The quantitative estimate of drug-likeness (QED) is 0.336. The normalized spacial score (nSPS) is 18.5. The van der Waals surface area contributed by atoms with Crippen LogP contribution < -0.4 is 21.6 Å². The fraction of sp³-hybridized carbons (Fsp3) is 0.500. The van der Waals surface area contributed by atoms with Gasteiger partial charge >= 0.3 is 5.69 Å². The van der Waals surface area contributed by atoms with Gasteiger partial charge in [-0.1, -0.05) is 50.6 Å². The van der Waals surface area contributed by atoms with Crippen molar-refractivity contribution in [3.63, 3.8) is 0 Å². The van der Waals surface area contributed by atoms with Crippen LogP contribution >= 0.6 is 0 Å². The maximum absolute atomic E-state index is 13.2. The molecule has 242 valence electrons. The van der Waals surface area contributed by atoms with Crippen LogP contribution in [0, 0.1) is 5.92 Å². The van der Waals surface area contributed by atoms with Gasteiger partial charge in [0.25, 0.3) is 5.91 Å². The molecule has 1 aromatic heterocycles. The number of aromatic nitrogens is 2. The minimum Gasteiger partial charge on any atom is -0.354 e. The maximum atomic E-state index is 13.2. The summed E-state index contributed by atoms with van der Waals surface area (Å²) in [5.41, 5.74) is 2.57. The lowest BCUT2D eigenvalue weighted by atomic mass is 9.98. The molecular formula is C34H46N6O5. The molecule has 4 N–H and O–H groups in total. The van der Waals surface area contributed by atoms with Crippen LogP contribution in [0.5, 0.6) is 0 Å². The number of H-pyrrole nitrogens is 1. The van der Waals surface area contributed by atoms with E-state index in [1.54, 1.807) is 27.7 Å². The summed E-state index contributed by atoms with van der Waals surface area (Å²) < 4.78 is 1.57. The number of hydrogen-bond acceptors (Lipinski definition) is 5. The van der Waals surface area contributed by atoms with Crippen LogP contribution in [-0.2, 0) is 27.3 Å². The molecule has 0 unspecified atom stereocenters. The van der Waals surface area contributed by atoms with E-state index in [-0.39, 0.29) is 41.7 Å². The highest BCUT2D eigenvalue weighted by Gasteiger charge is 2.26. The average molecular weight is 619 g/mol. The third kappa shape index (κ3) is 9.54. The van der Waals surface area contributed by atoms with Gasteiger partial charge in [0.1, 0.15) is 6.04 Å². The molecule has 1 aliphatic heterocycles. The summed E-state index contributed by atoms with van der Waals surface area (Å²) in [5, 5.41) is 8.76. The predicted molar refractivity (Wildman–Crippen MR) is 174 cm³/mol. The zero-order valence-corrected chi connectivity index (χ0v) is 26.4. The van der Waals surface area contributed by atoms with E-state index in [0.717, 1.165) is 12.8 Å². The number of rotatable bonds is 6. The van der Waals surface area contributed by atoms with E-state index in [4.69, 9.17) is 0 Å². The van der Waals surface area contributed by atoms with Crippen molar-refractivity contribution >= 4 is 34.7 Å². The minimum atomic E-state index is -0.678. The smallest absolute Gasteiger partial charge is 0.326 e. The highest BCUT2D eigenvalue weighted by atomic mass is 16.2. The first-order valence-electron chi connectivity index (χ1n) is 16.2. The summed E-state index contributed by atoms with van der Waals surface area (Å²) in [5.74, 6) is -0.805. The first-order valence-corrected chi connectivity index (χ1v) is 16.2. The number of carbonyl (C=O) groups is 4. The molecular weight excluding hydrogens is 572 g/mol. The van der Waals surface area contributed by atoms with Crippen LogP contribution in [0.15, 0.2) is 53.3 Å². The Bertz CT molecular complexity index is 1510. The van der Waals surface area contributed by atoms with E-state index in [9.17, 15) is 24.0 Å². The van der Waals surface area contributed by atoms with Gasteiger partial charge < -0.3 is 25.8 Å². The lowest BCUT2D eigenvalue weighted by molar-refractivity contribution is -0.132. The Hall–Kier alpha value is -4.41. The average Bonchev–Trinajstić information content (AvgIpc) is 3.36. The Labute approximate surface area is 264 Å². The molecule has 45 heavy (non-hydrogen) atoms. The molecule has 4 rings (SSSR count). The maximum Gasteiger partial charge on any atom is 0.326 e. The monoisotopic (exact) mass is 618 g/mol. The molecule has 4 amide bonds. The molecule has 2 heterocycles. The van der Waals surface area contributed by atoms with Crippen LogP contribution in [0.2, 0.25) is 0 Å². The number of aryl methyl sites for hydroxylation is 2. The van der Waals surface area contributed by atoms with Gasteiger partial charge in [-0.25, -0.2) is 4.79 Å². The highest BCUT2D eigenvalue weighted by Crippen LogP contribution is 2.15. The number of amides is 4. The molecule has 0 fully saturated rings. The number of fused-ring (bicyclic) bond motifs is 1. The summed E-state index contributed by atoms with van der Waals surface area (Å²) in [7, 11) is 0. The zero-order valence-electron chi connectivity index (χ0n) is 26.4. The van der Waals surface area contributed by atoms with Gasteiger partial charge in [0.05, 0.1) is 11.0 Å². The summed E-state index contributed by atoms with van der Waals surface area (Å²) in [6.07, 6.45) is 4.32. The summed E-state index contributed by atoms with van der Waals surface area (Å²) in [6, 6.07) is 14.5. The third-order valence-corrected chi connectivity index (χ3v) is 8.48. The molecule has 0 saturated heterocycles. The summed E-state index contributed by atoms with van der Waals surface area (Å²) in [6.45, 7) is 5.80. The molecule has 1 aliphatic rings. The molecule has 11 nitrogen and oxygen atoms in total. The van der Waals surface area contributed by atoms with Crippen molar-refractivity contribution in [3.05, 3.63) is 70.1 Å². The molecule has 0 saturated carbocycles. The van der Waals surface area contributed by atoms with Crippen LogP contribution in [0.1, 0.15) is 74.7 Å². The second kappa shape index (κ2) is 16.6. The number of nitrogens with zero attached hydrogens (tertiary/aromatic N) is 2. The van der Waals surface area contributed by atoms with E-state index in [0.29, 0.717) is 81.4 Å². The van der Waals surface area contributed by atoms with Gasteiger partial charge in [-0.05, 0) is 61.8 Å². The highest BCUT2D eigenvalue weighted by molar-refractivity contribution is 5.97. The van der Waals surface area contributed by atoms with E-state index < -0.39 is 6.04 Å². The minimum absolute atomic E-state index is 0.0174. The van der Waals surface area contributed by atoms with Crippen LogP contribution in [0.4, 0.5) is 0 Å². The number of aromatic amines is 1. The molecule has 3 aromatic rings. The fourth-order valence-corrected chi connectivity index (χ4v) is 5.63. The van der Waals surface area contributed by atoms with E-state index in [1.807, 2.05) is 44.2 Å². The van der Waals surface area contributed by atoms with Crippen molar-refractivity contribution in [3.8, 4) is 0 Å². The van der Waals surface area contributed by atoms with Gasteiger partial charge in [-0.2, -0.15) is 0 Å². The van der Waals surface area contributed by atoms with E-state index in [2.05, 4.69) is 20.9 Å². The molecule has 2 bridgehead atoms. The first-order chi connectivity index (χ1) is 21.8. The summed E-state index contributed by atoms with van der Waals surface area (Å²) in [4.78, 5) is 69.5. The SMILES string of the molecule is CC[C@H](C)[C@@H]1NC(=O)CCCN(C(=O)CCCc2ccccc2)CCCNC(=O)c2ccc3[nH]c(=O)n(c3c2)CCCNC1=O. The van der Waals surface area contributed by atoms with Crippen LogP contribution in [-0.4, -0.2) is 70.3 Å². The van der Waals surface area contributed by atoms with Crippen LogP contribution in [0.25, 0.3) is 11.0 Å². The van der Waals surface area contributed by atoms with Crippen molar-refractivity contribution < 1.29 is 19.2 Å². The number of hydrogen-bond donors (Lipinski definition) is 4. The van der Waals surface area contributed by atoms with Crippen molar-refractivity contribution in [1.82, 2.24) is 30.4 Å². The zero-order chi connectivity index (χ0) is 32.2. The topological polar surface area (TPSA) is 145 Å². The lowest BCUT2D eigenvalue weighted by Crippen LogP contribution is -2.50. The van der Waals surface area contributed by atoms with Gasteiger partial charge in [0.15, 0.2) is 0 Å². The Morgan fingerprint density at radius 2 is 1.67 bits per heavy atom. The van der Waals surface area contributed by atoms with E-state index in [1.165, 1.54) is 5.56 Å². The van der Waals surface area contributed by atoms with Gasteiger partial charge in [-0.3, -0.25) is 23.7 Å². The number of imidazole rings is 1. The number of nitrogens with one attached hydrogen (secondary N) is 4. The molecule has 2 atom stereocenters. The third-order valence-electron chi connectivity index (χ3n) is 8.48. The number of benzene rings is 2. The predicted octanol–water partition coefficient (Wildman–Crippen LogP) is 3.13. The van der Waals surface area contributed by atoms with Gasteiger partial charge in [0, 0.05) is 51.1 Å². The Kier molecular flexibility index (Phi) is 12.4. The standard InChI is InChI=1S/C34H46N6O5/c1-3-24(2)31-33(44)36-19-10-22-40-28-23-26(16-17-27(28)37-34(40)45)32(43)35-18-9-21-39(20-8-14-29(41)38-31)30(42)15-7-13-25-11-5-4-6-12-25/h4-6,11-12,16-17,23-24,31H,3,7-10,13-15,18-22H2,1-2H3,(H,35,43)(H,36,44)(H,37,45)(H,38,41)/t24-,31-/m0/s1. The Morgan fingerprint density at radius 1 is 0.933 bits per heavy atom. The van der Waals surface area contributed by atoms with Gasteiger partial charge in [-0.15, -0.1) is 0 Å². The van der Waals surface area contributed by atoms with Crippen LogP contribution in [0.3, 0.4) is 0 Å². The van der Waals surface area contributed by atoms with Crippen molar-refractivity contribution in [2.75, 3.05) is 26.2 Å². The lowest BCUT2D eigenvalue weighted by Gasteiger charge is -2.25. The van der Waals surface area contributed by atoms with Crippen molar-refractivity contribution in [1.29, 1.82) is 0 Å². The first kappa shape index (κ1) is 33.5. The second-order valence-corrected chi connectivity index (χ2v) is 11.8. The van der Waals surface area contributed by atoms with Gasteiger partial charge in [0.2, 0.25) is 17.7 Å². The molecule has 0 radical (unpaired) electrons. The second-order valence-electron chi connectivity index (χ2n) is 11.8. The van der Waals surface area contributed by atoms with Crippen molar-refractivity contribution in [2.24, 2.45) is 5.92 Å². The molecule has 0 aliphatic carbocycles. The summed E-state index contributed by atoms with van der Waals surface area (Å²) >= 11 is 0. The van der Waals surface area contributed by atoms with Crippen molar-refractivity contribution in [2.45, 2.75) is 77.8 Å². The number of carbonyl (C=O) groups excluding carboxylic acids is 4. The largest absolute Gasteiger partial charge is 0.354 e. The molecule has 11 heteroatoms. The Balaban J connectivity index is 1.48. The fourth-order valence-electron chi connectivity index (χ4n) is 5.63.